The van der Waals surface area contributed by atoms with Gasteiger partial charge >= 0.3 is 0 Å². The summed E-state index contributed by atoms with van der Waals surface area (Å²) in [5.41, 5.74) is 2.45. The highest BCUT2D eigenvalue weighted by atomic mass is 15.1. The van der Waals surface area contributed by atoms with E-state index in [0.717, 1.165) is 18.2 Å². The summed E-state index contributed by atoms with van der Waals surface area (Å²) in [6.45, 7) is 5.56. The van der Waals surface area contributed by atoms with Crippen molar-refractivity contribution in [2.75, 3.05) is 25.0 Å². The second kappa shape index (κ2) is 5.30. The van der Waals surface area contributed by atoms with Gasteiger partial charge in [0.25, 0.3) is 0 Å². The van der Waals surface area contributed by atoms with Gasteiger partial charge in [-0.15, -0.1) is 0 Å². The molecule has 1 fully saturated rings. The third-order valence-electron chi connectivity index (χ3n) is 3.31. The second-order valence-corrected chi connectivity index (χ2v) is 4.71. The molecule has 3 heteroatoms. The van der Waals surface area contributed by atoms with Crippen molar-refractivity contribution >= 4 is 5.69 Å². The van der Waals surface area contributed by atoms with Crippen LogP contribution in [0.2, 0.25) is 0 Å². The van der Waals surface area contributed by atoms with Crippen LogP contribution in [0.4, 0.5) is 5.69 Å². The Balaban J connectivity index is 2.05. The molecule has 0 spiro atoms. The van der Waals surface area contributed by atoms with E-state index in [4.69, 9.17) is 0 Å². The number of nitrogens with one attached hydrogen (secondary N) is 1. The number of rotatable bonds is 3. The predicted molar refractivity (Wildman–Crippen MR) is 67.6 cm³/mol. The fourth-order valence-electron chi connectivity index (χ4n) is 2.21. The standard InChI is InChI=1S/C13H21N3/c1-11-4-7-16(8-5-11)13-3-6-15-12(9-13)10-14-2/h3,6,9,11,14H,4-5,7-8,10H2,1-2H3. The number of nitrogens with zero attached hydrogens (tertiary/aromatic N) is 2. The van der Waals surface area contributed by atoms with E-state index in [2.05, 4.69) is 34.3 Å². The predicted octanol–water partition coefficient (Wildman–Crippen LogP) is 2.04. The van der Waals surface area contributed by atoms with E-state index >= 15 is 0 Å². The van der Waals surface area contributed by atoms with Crippen LogP contribution in [-0.4, -0.2) is 25.1 Å². The Morgan fingerprint density at radius 1 is 1.44 bits per heavy atom. The number of pyridine rings is 1. The van der Waals surface area contributed by atoms with Gasteiger partial charge in [-0.3, -0.25) is 4.98 Å². The fourth-order valence-corrected chi connectivity index (χ4v) is 2.21. The quantitative estimate of drug-likeness (QED) is 0.843. The molecule has 0 bridgehead atoms. The van der Waals surface area contributed by atoms with E-state index in [-0.39, 0.29) is 0 Å². The summed E-state index contributed by atoms with van der Waals surface area (Å²) in [6, 6.07) is 4.32. The van der Waals surface area contributed by atoms with Gasteiger partial charge in [0.15, 0.2) is 0 Å². The molecule has 0 radical (unpaired) electrons. The molecule has 1 N–H and O–H groups in total. The van der Waals surface area contributed by atoms with Crippen LogP contribution in [0.3, 0.4) is 0 Å². The van der Waals surface area contributed by atoms with Gasteiger partial charge in [-0.25, -0.2) is 0 Å². The molecule has 16 heavy (non-hydrogen) atoms. The minimum Gasteiger partial charge on any atom is -0.371 e. The van der Waals surface area contributed by atoms with Crippen molar-refractivity contribution < 1.29 is 0 Å². The summed E-state index contributed by atoms with van der Waals surface area (Å²) in [7, 11) is 1.96. The lowest BCUT2D eigenvalue weighted by Gasteiger charge is -2.32. The number of aromatic nitrogens is 1. The van der Waals surface area contributed by atoms with Crippen molar-refractivity contribution in [1.29, 1.82) is 0 Å². The Hall–Kier alpha value is -1.09. The molecule has 0 atom stereocenters. The molecule has 0 aliphatic carbocycles. The van der Waals surface area contributed by atoms with Crippen molar-refractivity contribution in [3.05, 3.63) is 24.0 Å². The van der Waals surface area contributed by atoms with Crippen LogP contribution in [0, 0.1) is 5.92 Å². The van der Waals surface area contributed by atoms with Gasteiger partial charge in [0, 0.05) is 31.5 Å². The molecule has 0 aromatic carbocycles. The molecule has 88 valence electrons. The van der Waals surface area contributed by atoms with E-state index in [1.165, 1.54) is 31.6 Å². The third kappa shape index (κ3) is 2.73. The SMILES string of the molecule is CNCc1cc(N2CCC(C)CC2)ccn1. The molecule has 1 aromatic heterocycles. The van der Waals surface area contributed by atoms with Gasteiger partial charge in [0.1, 0.15) is 0 Å². The Morgan fingerprint density at radius 3 is 2.88 bits per heavy atom. The van der Waals surface area contributed by atoms with Crippen LogP contribution < -0.4 is 10.2 Å². The molecule has 3 nitrogen and oxygen atoms in total. The van der Waals surface area contributed by atoms with E-state index in [0.29, 0.717) is 0 Å². The minimum absolute atomic E-state index is 0.845. The number of hydrogen-bond acceptors (Lipinski definition) is 3. The van der Waals surface area contributed by atoms with Crippen LogP contribution in [-0.2, 0) is 6.54 Å². The second-order valence-electron chi connectivity index (χ2n) is 4.71. The number of anilines is 1. The lowest BCUT2D eigenvalue weighted by atomic mass is 9.99. The van der Waals surface area contributed by atoms with E-state index in [1.54, 1.807) is 0 Å². The zero-order chi connectivity index (χ0) is 11.4. The topological polar surface area (TPSA) is 28.2 Å². The van der Waals surface area contributed by atoms with Crippen molar-refractivity contribution in [3.63, 3.8) is 0 Å². The monoisotopic (exact) mass is 219 g/mol. The Labute approximate surface area is 97.9 Å². The maximum atomic E-state index is 4.35. The van der Waals surface area contributed by atoms with Crippen LogP contribution in [0.1, 0.15) is 25.5 Å². The van der Waals surface area contributed by atoms with Crippen LogP contribution in [0.25, 0.3) is 0 Å². The lowest BCUT2D eigenvalue weighted by Crippen LogP contribution is -2.32. The first kappa shape index (κ1) is 11.4. The number of hydrogen-bond donors (Lipinski definition) is 1. The zero-order valence-corrected chi connectivity index (χ0v) is 10.2. The average molecular weight is 219 g/mol. The molecular weight excluding hydrogens is 198 g/mol. The highest BCUT2D eigenvalue weighted by Crippen LogP contribution is 2.22. The Morgan fingerprint density at radius 2 is 2.19 bits per heavy atom. The molecule has 1 aliphatic rings. The summed E-state index contributed by atoms with van der Waals surface area (Å²) in [4.78, 5) is 6.82. The maximum absolute atomic E-state index is 4.35. The molecule has 0 unspecified atom stereocenters. The minimum atomic E-state index is 0.845. The van der Waals surface area contributed by atoms with Gasteiger partial charge < -0.3 is 10.2 Å². The van der Waals surface area contributed by atoms with Crippen molar-refractivity contribution in [2.24, 2.45) is 5.92 Å². The Bertz CT molecular complexity index is 330. The summed E-state index contributed by atoms with van der Waals surface area (Å²) < 4.78 is 0. The summed E-state index contributed by atoms with van der Waals surface area (Å²) in [5, 5.41) is 3.14. The molecule has 1 aliphatic heterocycles. The molecule has 0 amide bonds. The van der Waals surface area contributed by atoms with E-state index in [1.807, 2.05) is 13.2 Å². The van der Waals surface area contributed by atoms with Crippen molar-refractivity contribution in [2.45, 2.75) is 26.3 Å². The van der Waals surface area contributed by atoms with E-state index in [9.17, 15) is 0 Å². The highest BCUT2D eigenvalue weighted by molar-refractivity contribution is 5.46. The van der Waals surface area contributed by atoms with Crippen molar-refractivity contribution in [1.82, 2.24) is 10.3 Å². The largest absolute Gasteiger partial charge is 0.371 e. The summed E-state index contributed by atoms with van der Waals surface area (Å²) in [6.07, 6.45) is 4.54. The molecule has 2 rings (SSSR count). The average Bonchev–Trinajstić information content (AvgIpc) is 2.31. The highest BCUT2D eigenvalue weighted by Gasteiger charge is 2.16. The first-order valence-electron chi connectivity index (χ1n) is 6.14. The van der Waals surface area contributed by atoms with Gasteiger partial charge in [0.05, 0.1) is 5.69 Å². The van der Waals surface area contributed by atoms with E-state index < -0.39 is 0 Å². The first-order valence-corrected chi connectivity index (χ1v) is 6.14. The molecule has 1 saturated heterocycles. The molecule has 0 saturated carbocycles. The molecule has 2 heterocycles. The lowest BCUT2D eigenvalue weighted by molar-refractivity contribution is 0.438. The maximum Gasteiger partial charge on any atom is 0.0562 e. The Kier molecular flexibility index (Phi) is 3.78. The normalized spacial score (nSPS) is 17.8. The van der Waals surface area contributed by atoms with Gasteiger partial charge in [-0.05, 0) is 37.9 Å². The fraction of sp³-hybridized carbons (Fsp3) is 0.615. The first-order chi connectivity index (χ1) is 7.79. The van der Waals surface area contributed by atoms with Gasteiger partial charge in [-0.1, -0.05) is 6.92 Å². The van der Waals surface area contributed by atoms with Crippen LogP contribution >= 0.6 is 0 Å². The summed E-state index contributed by atoms with van der Waals surface area (Å²) >= 11 is 0. The molecular formula is C13H21N3. The van der Waals surface area contributed by atoms with Gasteiger partial charge in [-0.2, -0.15) is 0 Å². The van der Waals surface area contributed by atoms with Gasteiger partial charge in [0.2, 0.25) is 0 Å². The molecule has 1 aromatic rings. The van der Waals surface area contributed by atoms with Crippen LogP contribution in [0.5, 0.6) is 0 Å². The number of piperidine rings is 1. The zero-order valence-electron chi connectivity index (χ0n) is 10.2. The summed E-state index contributed by atoms with van der Waals surface area (Å²) in [5.74, 6) is 0.884. The van der Waals surface area contributed by atoms with Crippen LogP contribution in [0.15, 0.2) is 18.3 Å². The van der Waals surface area contributed by atoms with Crippen molar-refractivity contribution in [3.8, 4) is 0 Å². The third-order valence-corrected chi connectivity index (χ3v) is 3.31. The smallest absolute Gasteiger partial charge is 0.0562 e.